The first kappa shape index (κ1) is 23.3. The molecule has 1 fully saturated rings. The lowest BCUT2D eigenvalue weighted by molar-refractivity contribution is -0.123. The molecule has 1 aliphatic carbocycles. The standard InChI is InChI=1S/C23H29ClFN3O3/c1-5-19-20(23(30)31)21(26-28(19)16-10-11-17(24)18(25)12-16)27(13(2)3)22(29)15-8-6-14(4)7-9-15/h10-15H,5-9H2,1-4H3,(H,30,31). The van der Waals surface area contributed by atoms with Crippen molar-refractivity contribution in [2.45, 2.75) is 65.8 Å². The molecule has 1 aromatic carbocycles. The average Bonchev–Trinajstić information content (AvgIpc) is 3.09. The largest absolute Gasteiger partial charge is 0.477 e. The van der Waals surface area contributed by atoms with E-state index in [2.05, 4.69) is 12.0 Å². The van der Waals surface area contributed by atoms with Crippen LogP contribution in [0, 0.1) is 17.7 Å². The van der Waals surface area contributed by atoms with Gasteiger partial charge >= 0.3 is 5.97 Å². The Morgan fingerprint density at radius 1 is 1.29 bits per heavy atom. The molecular formula is C23H29ClFN3O3. The molecule has 0 aliphatic heterocycles. The van der Waals surface area contributed by atoms with Gasteiger partial charge in [0, 0.05) is 18.0 Å². The zero-order chi connectivity index (χ0) is 22.9. The van der Waals surface area contributed by atoms with Gasteiger partial charge in [-0.05, 0) is 64.0 Å². The van der Waals surface area contributed by atoms with Gasteiger partial charge in [0.1, 0.15) is 11.4 Å². The highest BCUT2D eigenvalue weighted by atomic mass is 35.5. The Morgan fingerprint density at radius 3 is 2.45 bits per heavy atom. The van der Waals surface area contributed by atoms with Crippen molar-refractivity contribution in [2.24, 2.45) is 11.8 Å². The Labute approximate surface area is 187 Å². The number of anilines is 1. The van der Waals surface area contributed by atoms with E-state index >= 15 is 0 Å². The fraction of sp³-hybridized carbons (Fsp3) is 0.522. The number of nitrogens with zero attached hydrogens (tertiary/aromatic N) is 3. The van der Waals surface area contributed by atoms with Crippen LogP contribution in [0.25, 0.3) is 5.69 Å². The SMILES string of the molecule is CCc1c(C(=O)O)c(N(C(=O)C2CCC(C)CC2)C(C)C)nn1-c1ccc(Cl)c(F)c1. The third-order valence-electron chi connectivity index (χ3n) is 6.01. The van der Waals surface area contributed by atoms with Gasteiger partial charge in [-0.2, -0.15) is 0 Å². The number of amides is 1. The Morgan fingerprint density at radius 2 is 1.94 bits per heavy atom. The zero-order valence-electron chi connectivity index (χ0n) is 18.4. The minimum Gasteiger partial charge on any atom is -0.477 e. The monoisotopic (exact) mass is 449 g/mol. The first-order valence-corrected chi connectivity index (χ1v) is 11.2. The summed E-state index contributed by atoms with van der Waals surface area (Å²) in [5, 5.41) is 14.5. The molecule has 0 atom stereocenters. The highest BCUT2D eigenvalue weighted by Gasteiger charge is 2.35. The van der Waals surface area contributed by atoms with E-state index in [0.717, 1.165) is 25.7 Å². The summed E-state index contributed by atoms with van der Waals surface area (Å²) in [5.41, 5.74) is 0.735. The molecule has 0 bridgehead atoms. The van der Waals surface area contributed by atoms with Crippen molar-refractivity contribution in [3.05, 3.63) is 40.3 Å². The van der Waals surface area contributed by atoms with Gasteiger partial charge in [-0.25, -0.2) is 13.9 Å². The number of carboxylic acids is 1. The van der Waals surface area contributed by atoms with Crippen LogP contribution in [0.2, 0.25) is 5.02 Å². The molecule has 0 radical (unpaired) electrons. The lowest BCUT2D eigenvalue weighted by Crippen LogP contribution is -2.43. The fourth-order valence-corrected chi connectivity index (χ4v) is 4.41. The molecule has 1 N–H and O–H groups in total. The van der Waals surface area contributed by atoms with Crippen molar-refractivity contribution in [3.63, 3.8) is 0 Å². The number of rotatable bonds is 6. The maximum atomic E-state index is 14.1. The number of carbonyl (C=O) groups is 2. The van der Waals surface area contributed by atoms with E-state index in [-0.39, 0.29) is 34.3 Å². The lowest BCUT2D eigenvalue weighted by Gasteiger charge is -2.32. The van der Waals surface area contributed by atoms with Gasteiger partial charge < -0.3 is 5.11 Å². The van der Waals surface area contributed by atoms with Crippen LogP contribution in [0.3, 0.4) is 0 Å². The summed E-state index contributed by atoms with van der Waals surface area (Å²) in [4.78, 5) is 27.2. The smallest absolute Gasteiger partial charge is 0.341 e. The minimum absolute atomic E-state index is 0.0240. The van der Waals surface area contributed by atoms with Crippen LogP contribution in [0.15, 0.2) is 18.2 Å². The van der Waals surface area contributed by atoms with E-state index in [9.17, 15) is 19.1 Å². The summed E-state index contributed by atoms with van der Waals surface area (Å²) in [6, 6.07) is 3.92. The van der Waals surface area contributed by atoms with Crippen molar-refractivity contribution in [1.29, 1.82) is 0 Å². The third-order valence-corrected chi connectivity index (χ3v) is 6.31. The molecule has 2 aromatic rings. The van der Waals surface area contributed by atoms with E-state index < -0.39 is 11.8 Å². The number of halogens is 2. The Hall–Kier alpha value is -2.41. The van der Waals surface area contributed by atoms with Crippen molar-refractivity contribution in [1.82, 2.24) is 9.78 Å². The molecule has 1 saturated carbocycles. The lowest BCUT2D eigenvalue weighted by atomic mass is 9.82. The van der Waals surface area contributed by atoms with Gasteiger partial charge in [-0.15, -0.1) is 5.10 Å². The van der Waals surface area contributed by atoms with Crippen LogP contribution in [-0.2, 0) is 11.2 Å². The van der Waals surface area contributed by atoms with Crippen molar-refractivity contribution in [3.8, 4) is 5.69 Å². The van der Waals surface area contributed by atoms with Crippen LogP contribution in [0.4, 0.5) is 10.2 Å². The number of benzene rings is 1. The average molecular weight is 450 g/mol. The molecule has 31 heavy (non-hydrogen) atoms. The van der Waals surface area contributed by atoms with Crippen LogP contribution in [0.1, 0.15) is 69.4 Å². The van der Waals surface area contributed by atoms with Crippen molar-refractivity contribution >= 4 is 29.3 Å². The molecule has 0 saturated heterocycles. The summed E-state index contributed by atoms with van der Waals surface area (Å²) in [6.45, 7) is 7.69. The molecule has 0 unspecified atom stereocenters. The fourth-order valence-electron chi connectivity index (χ4n) is 4.29. The number of carboxylic acid groups (broad SMARTS) is 1. The quantitative estimate of drug-likeness (QED) is 0.632. The molecule has 1 heterocycles. The highest BCUT2D eigenvalue weighted by Crippen LogP contribution is 2.34. The molecule has 8 heteroatoms. The number of aromatic nitrogens is 2. The predicted molar refractivity (Wildman–Crippen MR) is 119 cm³/mol. The Balaban J connectivity index is 2.13. The van der Waals surface area contributed by atoms with Crippen LogP contribution < -0.4 is 4.90 Å². The van der Waals surface area contributed by atoms with Gasteiger partial charge in [-0.1, -0.05) is 25.4 Å². The predicted octanol–water partition coefficient (Wildman–Crippen LogP) is 5.49. The topological polar surface area (TPSA) is 75.4 Å². The Kier molecular flexibility index (Phi) is 7.04. The summed E-state index contributed by atoms with van der Waals surface area (Å²) in [5.74, 6) is -1.33. The van der Waals surface area contributed by atoms with E-state index in [0.29, 0.717) is 23.7 Å². The minimum atomic E-state index is -1.16. The molecule has 1 aliphatic rings. The maximum absolute atomic E-state index is 14.1. The van der Waals surface area contributed by atoms with E-state index in [1.165, 1.54) is 21.7 Å². The van der Waals surface area contributed by atoms with E-state index in [4.69, 9.17) is 11.6 Å². The molecule has 6 nitrogen and oxygen atoms in total. The molecule has 168 valence electrons. The van der Waals surface area contributed by atoms with Crippen molar-refractivity contribution in [2.75, 3.05) is 4.90 Å². The van der Waals surface area contributed by atoms with Crippen molar-refractivity contribution < 1.29 is 19.1 Å². The second-order valence-corrected chi connectivity index (χ2v) is 8.98. The molecule has 3 rings (SSSR count). The van der Waals surface area contributed by atoms with Gasteiger partial charge in [-0.3, -0.25) is 9.69 Å². The van der Waals surface area contributed by atoms with Crippen LogP contribution >= 0.6 is 11.6 Å². The van der Waals surface area contributed by atoms with Gasteiger partial charge in [0.25, 0.3) is 0 Å². The van der Waals surface area contributed by atoms with Gasteiger partial charge in [0.2, 0.25) is 5.91 Å². The number of hydrogen-bond acceptors (Lipinski definition) is 3. The second-order valence-electron chi connectivity index (χ2n) is 8.57. The number of aromatic carboxylic acids is 1. The summed E-state index contributed by atoms with van der Waals surface area (Å²) in [7, 11) is 0. The number of hydrogen-bond donors (Lipinski definition) is 1. The maximum Gasteiger partial charge on any atom is 0.341 e. The van der Waals surface area contributed by atoms with Crippen LogP contribution in [-0.4, -0.2) is 32.8 Å². The highest BCUT2D eigenvalue weighted by molar-refractivity contribution is 6.30. The van der Waals surface area contributed by atoms with E-state index in [1.807, 2.05) is 13.8 Å². The van der Waals surface area contributed by atoms with Gasteiger partial charge in [0.15, 0.2) is 5.82 Å². The summed E-state index contributed by atoms with van der Waals surface area (Å²) >= 11 is 5.81. The van der Waals surface area contributed by atoms with E-state index in [1.54, 1.807) is 13.0 Å². The summed E-state index contributed by atoms with van der Waals surface area (Å²) in [6.07, 6.45) is 3.88. The Bertz CT molecular complexity index is 981. The van der Waals surface area contributed by atoms with Crippen LogP contribution in [0.5, 0.6) is 0 Å². The number of carbonyl (C=O) groups excluding carboxylic acids is 1. The molecule has 0 spiro atoms. The second kappa shape index (κ2) is 9.39. The molecule has 1 amide bonds. The first-order valence-electron chi connectivity index (χ1n) is 10.8. The normalized spacial score (nSPS) is 18.9. The third kappa shape index (κ3) is 4.61. The first-order chi connectivity index (χ1) is 14.6. The molecule has 1 aromatic heterocycles. The molecular weight excluding hydrogens is 421 g/mol. The summed E-state index contributed by atoms with van der Waals surface area (Å²) < 4.78 is 15.5. The van der Waals surface area contributed by atoms with Gasteiger partial charge in [0.05, 0.1) is 16.4 Å². The zero-order valence-corrected chi connectivity index (χ0v) is 19.1.